The zero-order valence-electron chi connectivity index (χ0n) is 9.70. The maximum absolute atomic E-state index is 13.0. The molecule has 0 spiro atoms. The van der Waals surface area contributed by atoms with Crippen molar-refractivity contribution >= 4 is 0 Å². The zero-order chi connectivity index (χ0) is 13.7. The van der Waals surface area contributed by atoms with Crippen LogP contribution in [0.1, 0.15) is 13.8 Å². The van der Waals surface area contributed by atoms with Crippen molar-refractivity contribution in [3.63, 3.8) is 0 Å². The molecule has 0 saturated carbocycles. The van der Waals surface area contributed by atoms with Crippen LogP contribution in [0.25, 0.3) is 0 Å². The second-order valence-electron chi connectivity index (χ2n) is 4.14. The number of rotatable bonds is 7. The largest absolute Gasteiger partial charge is 0.248 e. The van der Waals surface area contributed by atoms with Gasteiger partial charge in [0.25, 0.3) is 0 Å². The number of hydrogen-bond donors (Lipinski definition) is 0. The Bertz CT molecular complexity index is 216. The summed E-state index contributed by atoms with van der Waals surface area (Å²) in [5, 5.41) is 0. The van der Waals surface area contributed by atoms with Crippen LogP contribution >= 0.6 is 0 Å². The molecule has 8 heteroatoms. The third-order valence-corrected chi connectivity index (χ3v) is 2.35. The second kappa shape index (κ2) is 9.02. The van der Waals surface area contributed by atoms with Gasteiger partial charge in [-0.05, 0) is 5.92 Å². The van der Waals surface area contributed by atoms with Crippen LogP contribution in [0, 0.1) is 5.92 Å². The summed E-state index contributed by atoms with van der Waals surface area (Å²) in [6.07, 6.45) is -17.7. The van der Waals surface area contributed by atoms with Crippen LogP contribution in [0.3, 0.4) is 0 Å². The van der Waals surface area contributed by atoms with Crippen molar-refractivity contribution in [2.24, 2.45) is 5.92 Å². The van der Waals surface area contributed by atoms with E-state index in [0.717, 1.165) is 0 Å². The van der Waals surface area contributed by atoms with Crippen molar-refractivity contribution in [1.29, 1.82) is 0 Å². The van der Waals surface area contributed by atoms with Gasteiger partial charge in [-0.1, -0.05) is 13.8 Å². The molecule has 0 heterocycles. The average molecular weight is 332 g/mol. The molecule has 0 rings (SSSR count). The predicted molar refractivity (Wildman–Crippen MR) is 50.2 cm³/mol. The van der Waals surface area contributed by atoms with Crippen molar-refractivity contribution in [1.82, 2.24) is 0 Å². The Morgan fingerprint density at radius 1 is 0.667 bits per heavy atom. The molecule has 0 amide bonds. The van der Waals surface area contributed by atoms with Crippen molar-refractivity contribution in [3.05, 3.63) is 0 Å². The molecule has 0 bridgehead atoms. The quantitative estimate of drug-likeness (QED) is 0.493. The van der Waals surface area contributed by atoms with E-state index in [1.807, 2.05) is 0 Å². The first kappa shape index (κ1) is 20.3. The van der Waals surface area contributed by atoms with Gasteiger partial charge >= 0.3 is 0 Å². The van der Waals surface area contributed by atoms with E-state index in [0.29, 0.717) is 0 Å². The van der Waals surface area contributed by atoms with Crippen LogP contribution in [0.15, 0.2) is 0 Å². The van der Waals surface area contributed by atoms with E-state index in [9.17, 15) is 30.7 Å². The van der Waals surface area contributed by atoms with Crippen molar-refractivity contribution < 1.29 is 47.8 Å². The summed E-state index contributed by atoms with van der Waals surface area (Å²) in [5.74, 6) is -0.934. The fourth-order valence-corrected chi connectivity index (χ4v) is 1.18. The van der Waals surface area contributed by atoms with Gasteiger partial charge in [0, 0.05) is 17.1 Å². The third kappa shape index (κ3) is 5.34. The zero-order valence-corrected chi connectivity index (χ0v) is 10.6. The molecule has 18 heavy (non-hydrogen) atoms. The van der Waals surface area contributed by atoms with Gasteiger partial charge in [0.05, 0.1) is 0 Å². The monoisotopic (exact) mass is 331 g/mol. The van der Waals surface area contributed by atoms with E-state index < -0.39 is 49.6 Å². The van der Waals surface area contributed by atoms with Crippen molar-refractivity contribution in [3.8, 4) is 0 Å². The molecule has 115 valence electrons. The molecule has 0 N–H and O–H groups in total. The summed E-state index contributed by atoms with van der Waals surface area (Å²) in [5.41, 5.74) is 0. The Labute approximate surface area is 112 Å². The number of halogens is 7. The molecule has 0 aliphatic carbocycles. The summed E-state index contributed by atoms with van der Waals surface area (Å²) in [6, 6.07) is 0. The minimum absolute atomic E-state index is 0. The molecule has 6 unspecified atom stereocenters. The third-order valence-electron chi connectivity index (χ3n) is 2.35. The molecule has 0 fully saturated rings. The molecule has 1 radical (unpaired) electrons. The molecule has 0 aliphatic rings. The van der Waals surface area contributed by atoms with E-state index >= 15 is 0 Å². The topological polar surface area (TPSA) is 0 Å². The van der Waals surface area contributed by atoms with Crippen LogP contribution in [0.4, 0.5) is 30.7 Å². The van der Waals surface area contributed by atoms with Gasteiger partial charge in [-0.3, -0.25) is 0 Å². The minimum atomic E-state index is -3.23. The Kier molecular flexibility index (Phi) is 10.2. The Morgan fingerprint density at radius 3 is 1.33 bits per heavy atom. The fraction of sp³-hybridized carbons (Fsp3) is 1.00. The molecule has 0 aromatic heterocycles. The second-order valence-corrected chi connectivity index (χ2v) is 4.14. The molecule has 0 saturated heterocycles. The first-order valence-corrected chi connectivity index (χ1v) is 5.14. The van der Waals surface area contributed by atoms with Crippen LogP contribution in [-0.4, -0.2) is 43.7 Å². The van der Waals surface area contributed by atoms with Gasteiger partial charge in [0.2, 0.25) is 0 Å². The summed E-state index contributed by atoms with van der Waals surface area (Å²) >= 11 is 0. The molecule has 0 aromatic carbocycles. The van der Waals surface area contributed by atoms with E-state index in [4.69, 9.17) is 0 Å². The standard InChI is InChI=1S/C10H15F7.Cu/c1-4(2)6(13)8(15)10(17)9(16)7(14)5(12)3-11;/h4-10H,3H2,1-2H3;. The summed E-state index contributed by atoms with van der Waals surface area (Å²) in [7, 11) is 0. The SMILES string of the molecule is CC(C)C(F)C(F)C(F)C(F)C(F)C(F)CF.[Cu]. The van der Waals surface area contributed by atoms with Crippen molar-refractivity contribution in [2.45, 2.75) is 50.9 Å². The molecule has 0 aromatic rings. The molecule has 0 aliphatic heterocycles. The molecule has 0 nitrogen and oxygen atoms in total. The summed E-state index contributed by atoms with van der Waals surface area (Å²) < 4.78 is 88.8. The van der Waals surface area contributed by atoms with Crippen LogP contribution in [0.2, 0.25) is 0 Å². The van der Waals surface area contributed by atoms with Crippen LogP contribution in [-0.2, 0) is 17.1 Å². The van der Waals surface area contributed by atoms with Gasteiger partial charge in [-0.15, -0.1) is 0 Å². The Morgan fingerprint density at radius 2 is 1.00 bits per heavy atom. The number of alkyl halides is 7. The summed E-state index contributed by atoms with van der Waals surface area (Å²) in [4.78, 5) is 0. The minimum Gasteiger partial charge on any atom is -0.248 e. The maximum Gasteiger partial charge on any atom is 0.168 e. The number of hydrogen-bond acceptors (Lipinski definition) is 0. The first-order valence-electron chi connectivity index (χ1n) is 5.14. The molecular weight excluding hydrogens is 317 g/mol. The van der Waals surface area contributed by atoms with E-state index in [1.54, 1.807) is 0 Å². The maximum atomic E-state index is 13.0. The first-order chi connectivity index (χ1) is 7.73. The van der Waals surface area contributed by atoms with E-state index in [-0.39, 0.29) is 17.1 Å². The van der Waals surface area contributed by atoms with Gasteiger partial charge in [0.1, 0.15) is 12.8 Å². The molecule has 6 atom stereocenters. The average Bonchev–Trinajstić information content (AvgIpc) is 2.32. The van der Waals surface area contributed by atoms with Gasteiger partial charge in [-0.25, -0.2) is 30.7 Å². The predicted octanol–water partition coefficient (Wildman–Crippen LogP) is 3.64. The summed E-state index contributed by atoms with van der Waals surface area (Å²) in [6.45, 7) is 0.599. The Balaban J connectivity index is 0. The van der Waals surface area contributed by atoms with Gasteiger partial charge in [0.15, 0.2) is 30.9 Å². The van der Waals surface area contributed by atoms with Crippen LogP contribution in [0.5, 0.6) is 0 Å². The van der Waals surface area contributed by atoms with Gasteiger partial charge < -0.3 is 0 Å². The van der Waals surface area contributed by atoms with Gasteiger partial charge in [-0.2, -0.15) is 0 Å². The normalized spacial score (nSPS) is 21.7. The smallest absolute Gasteiger partial charge is 0.168 e. The molecular formula is C10H15CuF7. The fourth-order valence-electron chi connectivity index (χ4n) is 1.18. The van der Waals surface area contributed by atoms with E-state index in [2.05, 4.69) is 0 Å². The van der Waals surface area contributed by atoms with E-state index in [1.165, 1.54) is 13.8 Å². The van der Waals surface area contributed by atoms with Crippen molar-refractivity contribution in [2.75, 3.05) is 6.67 Å². The van der Waals surface area contributed by atoms with Crippen LogP contribution < -0.4 is 0 Å². The Hall–Kier alpha value is 0.0295.